The van der Waals surface area contributed by atoms with Crippen molar-refractivity contribution in [2.75, 3.05) is 23.6 Å². The van der Waals surface area contributed by atoms with Crippen molar-refractivity contribution in [1.82, 2.24) is 5.32 Å². The van der Waals surface area contributed by atoms with Crippen molar-refractivity contribution in [3.8, 4) is 11.5 Å². The minimum absolute atomic E-state index is 0.162. The maximum Gasteiger partial charge on any atom is 0.327 e. The minimum atomic E-state index is -0.568. The first-order valence-electron chi connectivity index (χ1n) is 8.53. The molecule has 7 heteroatoms. The largest absolute Gasteiger partial charge is 0.454 e. The maximum atomic E-state index is 13.0. The highest BCUT2D eigenvalue weighted by molar-refractivity contribution is 6.08. The van der Waals surface area contributed by atoms with E-state index in [-0.39, 0.29) is 18.7 Å². The Morgan fingerprint density at radius 2 is 1.96 bits per heavy atom. The monoisotopic (exact) mass is 353 g/mol. The van der Waals surface area contributed by atoms with Gasteiger partial charge in [0, 0.05) is 30.4 Å². The number of benzene rings is 2. The molecular weight excluding hydrogens is 334 g/mol. The van der Waals surface area contributed by atoms with Gasteiger partial charge in [0.25, 0.3) is 0 Å². The first-order valence-corrected chi connectivity index (χ1v) is 8.53. The fourth-order valence-corrected chi connectivity index (χ4v) is 3.30. The number of likely N-dealkylation sites (N-methyl/N-ethyl adjacent to an activating group) is 1. The highest BCUT2D eigenvalue weighted by Gasteiger charge is 2.38. The standard InChI is InChI=1S/C19H19N3O4/c1-2-20-18(23)15-9-12-5-3-4-6-14(12)22(15)19(24)21-13-7-8-16-17(10-13)26-11-25-16/h3-8,10,15H,2,9,11H2,1H3,(H,20,23)(H,21,24)/t15-/m1/s1. The molecule has 134 valence electrons. The number of urea groups is 1. The molecule has 7 nitrogen and oxygen atoms in total. The van der Waals surface area contributed by atoms with Crippen LogP contribution < -0.4 is 25.0 Å². The zero-order chi connectivity index (χ0) is 18.1. The zero-order valence-electron chi connectivity index (χ0n) is 14.3. The summed E-state index contributed by atoms with van der Waals surface area (Å²) in [5, 5.41) is 5.66. The van der Waals surface area contributed by atoms with Gasteiger partial charge in [0.2, 0.25) is 12.7 Å². The van der Waals surface area contributed by atoms with Crippen molar-refractivity contribution in [2.45, 2.75) is 19.4 Å². The summed E-state index contributed by atoms with van der Waals surface area (Å²) in [4.78, 5) is 26.9. The van der Waals surface area contributed by atoms with E-state index in [1.54, 1.807) is 18.2 Å². The third-order valence-corrected chi connectivity index (χ3v) is 4.47. The third kappa shape index (κ3) is 2.81. The molecule has 26 heavy (non-hydrogen) atoms. The van der Waals surface area contributed by atoms with Gasteiger partial charge >= 0.3 is 6.03 Å². The lowest BCUT2D eigenvalue weighted by Gasteiger charge is -2.25. The van der Waals surface area contributed by atoms with Crippen LogP contribution in [-0.4, -0.2) is 31.3 Å². The number of carbonyl (C=O) groups excluding carboxylic acids is 2. The predicted molar refractivity (Wildman–Crippen MR) is 96.7 cm³/mol. The van der Waals surface area contributed by atoms with Gasteiger partial charge in [-0.25, -0.2) is 4.79 Å². The van der Waals surface area contributed by atoms with Crippen LogP contribution in [0.25, 0.3) is 0 Å². The lowest BCUT2D eigenvalue weighted by Crippen LogP contribution is -2.49. The predicted octanol–water partition coefficient (Wildman–Crippen LogP) is 2.51. The van der Waals surface area contributed by atoms with E-state index in [1.807, 2.05) is 31.2 Å². The molecule has 2 aromatic carbocycles. The summed E-state index contributed by atoms with van der Waals surface area (Å²) < 4.78 is 10.6. The highest BCUT2D eigenvalue weighted by atomic mass is 16.7. The molecule has 0 aromatic heterocycles. The van der Waals surface area contributed by atoms with Gasteiger partial charge in [-0.2, -0.15) is 0 Å². The SMILES string of the molecule is CCNC(=O)[C@H]1Cc2ccccc2N1C(=O)Nc1ccc2c(c1)OCO2. The van der Waals surface area contributed by atoms with Gasteiger partial charge in [0.15, 0.2) is 11.5 Å². The van der Waals surface area contributed by atoms with E-state index in [0.717, 1.165) is 11.3 Å². The van der Waals surface area contributed by atoms with Crippen molar-refractivity contribution in [3.63, 3.8) is 0 Å². The van der Waals surface area contributed by atoms with Crippen molar-refractivity contribution in [1.29, 1.82) is 0 Å². The van der Waals surface area contributed by atoms with Crippen LogP contribution in [0.15, 0.2) is 42.5 Å². The summed E-state index contributed by atoms with van der Waals surface area (Å²) in [6.07, 6.45) is 0.497. The molecule has 0 radical (unpaired) electrons. The van der Waals surface area contributed by atoms with E-state index < -0.39 is 6.04 Å². The molecule has 2 heterocycles. The maximum absolute atomic E-state index is 13.0. The molecule has 0 aliphatic carbocycles. The second-order valence-electron chi connectivity index (χ2n) is 6.11. The number of hydrogen-bond donors (Lipinski definition) is 2. The molecule has 0 spiro atoms. The number of nitrogens with one attached hydrogen (secondary N) is 2. The second kappa shape index (κ2) is 6.59. The van der Waals surface area contributed by atoms with Gasteiger partial charge in [-0.1, -0.05) is 18.2 Å². The molecule has 0 unspecified atom stereocenters. The van der Waals surface area contributed by atoms with E-state index in [0.29, 0.717) is 30.2 Å². The summed E-state index contributed by atoms with van der Waals surface area (Å²) in [6, 6.07) is 11.8. The van der Waals surface area contributed by atoms with Crippen LogP contribution in [-0.2, 0) is 11.2 Å². The number of fused-ring (bicyclic) bond motifs is 2. The summed E-state index contributed by atoms with van der Waals surface area (Å²) in [5.74, 6) is 1.07. The number of nitrogens with zero attached hydrogens (tertiary/aromatic N) is 1. The zero-order valence-corrected chi connectivity index (χ0v) is 14.3. The number of anilines is 2. The Morgan fingerprint density at radius 3 is 2.81 bits per heavy atom. The summed E-state index contributed by atoms with van der Waals surface area (Å²) in [7, 11) is 0. The molecule has 0 saturated heterocycles. The Hall–Kier alpha value is -3.22. The van der Waals surface area contributed by atoms with Gasteiger partial charge in [-0.05, 0) is 30.7 Å². The van der Waals surface area contributed by atoms with Crippen LogP contribution >= 0.6 is 0 Å². The highest BCUT2D eigenvalue weighted by Crippen LogP contribution is 2.36. The molecule has 2 aromatic rings. The Kier molecular flexibility index (Phi) is 4.12. The van der Waals surface area contributed by atoms with Gasteiger partial charge in [-0.3, -0.25) is 9.69 Å². The number of rotatable bonds is 3. The molecule has 0 saturated carbocycles. The fraction of sp³-hybridized carbons (Fsp3) is 0.263. The Labute approximate surface area is 150 Å². The first kappa shape index (κ1) is 16.3. The average molecular weight is 353 g/mol. The van der Waals surface area contributed by atoms with Crippen molar-refractivity contribution < 1.29 is 19.1 Å². The quantitative estimate of drug-likeness (QED) is 0.889. The van der Waals surface area contributed by atoms with Gasteiger partial charge in [-0.15, -0.1) is 0 Å². The lowest BCUT2D eigenvalue weighted by atomic mass is 10.1. The van der Waals surface area contributed by atoms with Crippen LogP contribution in [0.4, 0.5) is 16.2 Å². The summed E-state index contributed by atoms with van der Waals surface area (Å²) >= 11 is 0. The van der Waals surface area contributed by atoms with Gasteiger partial charge in [0.1, 0.15) is 6.04 Å². The normalized spacial score (nSPS) is 17.0. The van der Waals surface area contributed by atoms with Crippen LogP contribution in [0.2, 0.25) is 0 Å². The molecule has 0 bridgehead atoms. The first-order chi connectivity index (χ1) is 12.7. The Morgan fingerprint density at radius 1 is 1.15 bits per heavy atom. The number of amides is 3. The molecule has 2 aliphatic heterocycles. The molecule has 0 fully saturated rings. The number of para-hydroxylation sites is 1. The van der Waals surface area contributed by atoms with Crippen molar-refractivity contribution >= 4 is 23.3 Å². The Bertz CT molecular complexity index is 868. The molecule has 1 atom stereocenters. The smallest absolute Gasteiger partial charge is 0.327 e. The van der Waals surface area contributed by atoms with E-state index in [2.05, 4.69) is 10.6 Å². The summed E-state index contributed by atoms with van der Waals surface area (Å²) in [6.45, 7) is 2.55. The molecule has 4 rings (SSSR count). The van der Waals surface area contributed by atoms with Gasteiger partial charge < -0.3 is 20.1 Å². The van der Waals surface area contributed by atoms with E-state index in [1.165, 1.54) is 4.90 Å². The van der Waals surface area contributed by atoms with Crippen molar-refractivity contribution in [2.24, 2.45) is 0 Å². The third-order valence-electron chi connectivity index (χ3n) is 4.47. The fourth-order valence-electron chi connectivity index (χ4n) is 3.30. The van der Waals surface area contributed by atoms with E-state index in [4.69, 9.17) is 9.47 Å². The number of carbonyl (C=O) groups is 2. The van der Waals surface area contributed by atoms with E-state index >= 15 is 0 Å². The molecule has 2 N–H and O–H groups in total. The van der Waals surface area contributed by atoms with Crippen LogP contribution in [0.3, 0.4) is 0 Å². The topological polar surface area (TPSA) is 79.9 Å². The molecule has 3 amide bonds. The number of ether oxygens (including phenoxy) is 2. The van der Waals surface area contributed by atoms with Gasteiger partial charge in [0.05, 0.1) is 0 Å². The van der Waals surface area contributed by atoms with Crippen LogP contribution in [0, 0.1) is 0 Å². The minimum Gasteiger partial charge on any atom is -0.454 e. The van der Waals surface area contributed by atoms with Crippen molar-refractivity contribution in [3.05, 3.63) is 48.0 Å². The van der Waals surface area contributed by atoms with Crippen LogP contribution in [0.1, 0.15) is 12.5 Å². The second-order valence-corrected chi connectivity index (χ2v) is 6.11. The average Bonchev–Trinajstić information content (AvgIpc) is 3.25. The Balaban J connectivity index is 1.60. The number of hydrogen-bond acceptors (Lipinski definition) is 4. The van der Waals surface area contributed by atoms with Crippen LogP contribution in [0.5, 0.6) is 11.5 Å². The molecule has 2 aliphatic rings. The lowest BCUT2D eigenvalue weighted by molar-refractivity contribution is -0.122. The summed E-state index contributed by atoms with van der Waals surface area (Å²) in [5.41, 5.74) is 2.31. The molecular formula is C19H19N3O4. The van der Waals surface area contributed by atoms with E-state index in [9.17, 15) is 9.59 Å².